The maximum absolute atomic E-state index is 13.4. The smallest absolute Gasteiger partial charge is 0.274 e. The predicted octanol–water partition coefficient (Wildman–Crippen LogP) is 4.20. The van der Waals surface area contributed by atoms with Gasteiger partial charge in [0.1, 0.15) is 5.69 Å². The Labute approximate surface area is 173 Å². The lowest BCUT2D eigenvalue weighted by molar-refractivity contribution is 0.0806. The molecular formula is C24H18N2O2S. The number of thiocarbonyl (C=S) groups is 1. The number of rotatable bonds is 3. The van der Waals surface area contributed by atoms with E-state index in [1.54, 1.807) is 11.4 Å². The van der Waals surface area contributed by atoms with Crippen LogP contribution in [0.4, 0.5) is 0 Å². The fourth-order valence-corrected chi connectivity index (χ4v) is 5.44. The summed E-state index contributed by atoms with van der Waals surface area (Å²) in [6.45, 7) is 0.664. The van der Waals surface area contributed by atoms with Crippen molar-refractivity contribution in [3.05, 3.63) is 82.7 Å². The molecule has 1 saturated carbocycles. The number of aromatic amines is 1. The van der Waals surface area contributed by atoms with E-state index < -0.39 is 0 Å². The molecule has 1 aromatic heterocycles. The van der Waals surface area contributed by atoms with E-state index in [4.69, 9.17) is 12.2 Å². The summed E-state index contributed by atoms with van der Waals surface area (Å²) in [6, 6.07) is 15.8. The van der Waals surface area contributed by atoms with Crippen molar-refractivity contribution in [3.8, 4) is 0 Å². The van der Waals surface area contributed by atoms with Crippen molar-refractivity contribution < 1.29 is 9.59 Å². The Hall–Kier alpha value is -3.05. The number of nitrogens with zero attached hydrogens (tertiary/aromatic N) is 1. The Morgan fingerprint density at radius 3 is 2.97 bits per heavy atom. The van der Waals surface area contributed by atoms with Crippen molar-refractivity contribution in [3.63, 3.8) is 0 Å². The molecule has 1 N–H and O–H groups in total. The normalized spacial score (nSPS) is 24.0. The van der Waals surface area contributed by atoms with Crippen LogP contribution in [0.5, 0.6) is 0 Å². The number of hydrogen-bond donors (Lipinski definition) is 1. The molecule has 6 rings (SSSR count). The first kappa shape index (κ1) is 16.9. The van der Waals surface area contributed by atoms with Crippen LogP contribution in [0.25, 0.3) is 10.9 Å². The van der Waals surface area contributed by atoms with Gasteiger partial charge < -0.3 is 9.88 Å². The van der Waals surface area contributed by atoms with Crippen molar-refractivity contribution in [1.82, 2.24) is 9.88 Å². The molecule has 3 aromatic rings. The number of nitrogens with one attached hydrogen (secondary N) is 1. The number of hydrogen-bond acceptors (Lipinski definition) is 3. The molecule has 5 heteroatoms. The average molecular weight is 398 g/mol. The molecule has 3 aliphatic rings. The van der Waals surface area contributed by atoms with Gasteiger partial charge in [-0.3, -0.25) is 9.59 Å². The highest BCUT2D eigenvalue weighted by Gasteiger charge is 2.67. The average Bonchev–Trinajstić information content (AvgIpc) is 3.12. The van der Waals surface area contributed by atoms with Crippen molar-refractivity contribution in [1.29, 1.82) is 0 Å². The quantitative estimate of drug-likeness (QED) is 0.673. The van der Waals surface area contributed by atoms with Crippen LogP contribution in [0.1, 0.15) is 38.4 Å². The van der Waals surface area contributed by atoms with Gasteiger partial charge in [0, 0.05) is 46.6 Å². The minimum atomic E-state index is -0.154. The van der Waals surface area contributed by atoms with E-state index in [0.717, 1.165) is 46.1 Å². The van der Waals surface area contributed by atoms with Crippen LogP contribution in [0.3, 0.4) is 0 Å². The number of amides is 1. The predicted molar refractivity (Wildman–Crippen MR) is 115 cm³/mol. The number of fused-ring (bicyclic) bond motifs is 2. The Morgan fingerprint density at radius 2 is 2.10 bits per heavy atom. The van der Waals surface area contributed by atoms with Crippen LogP contribution in [-0.4, -0.2) is 33.5 Å². The van der Waals surface area contributed by atoms with Crippen LogP contribution in [0, 0.1) is 5.92 Å². The minimum Gasteiger partial charge on any atom is -0.351 e. The zero-order valence-corrected chi connectivity index (χ0v) is 16.5. The molecule has 29 heavy (non-hydrogen) atoms. The lowest BCUT2D eigenvalue weighted by atomic mass is 9.81. The highest BCUT2D eigenvalue weighted by molar-refractivity contribution is 7.79. The summed E-state index contributed by atoms with van der Waals surface area (Å²) in [5, 5.41) is 2.71. The molecule has 2 atom stereocenters. The van der Waals surface area contributed by atoms with Crippen LogP contribution in [-0.2, 0) is 11.8 Å². The fraction of sp³-hybridized carbons (Fsp3) is 0.208. The molecule has 2 aliphatic carbocycles. The van der Waals surface area contributed by atoms with Crippen molar-refractivity contribution >= 4 is 40.2 Å². The summed E-state index contributed by atoms with van der Waals surface area (Å²) in [4.78, 5) is 31.1. The van der Waals surface area contributed by atoms with E-state index in [-0.39, 0.29) is 17.1 Å². The van der Waals surface area contributed by atoms with Gasteiger partial charge in [0.05, 0.1) is 0 Å². The maximum atomic E-state index is 13.4. The summed E-state index contributed by atoms with van der Waals surface area (Å²) >= 11 is 4.96. The standard InChI is InChI=1S/C24H18N2O2S/c27-21-11-22-24(18-4-2-1-3-17(18)21)12-16(24)13-26(22)23(28)20-10-15-9-14(7-8-29)5-6-19(15)25-20/h1-6,8-11,16,25H,7,12-13H2/t16-,24-/m1/s1. The Kier molecular flexibility index (Phi) is 3.34. The number of carbonyl (C=O) groups is 2. The number of carbonyl (C=O) groups excluding carboxylic acids is 2. The first-order chi connectivity index (χ1) is 14.1. The van der Waals surface area contributed by atoms with Crippen molar-refractivity contribution in [2.75, 3.05) is 6.54 Å². The molecule has 4 nitrogen and oxygen atoms in total. The summed E-state index contributed by atoms with van der Waals surface area (Å²) in [5.74, 6) is 0.320. The monoisotopic (exact) mass is 398 g/mol. The van der Waals surface area contributed by atoms with Gasteiger partial charge in [-0.15, -0.1) is 0 Å². The molecule has 0 bridgehead atoms. The van der Waals surface area contributed by atoms with Gasteiger partial charge in [0.2, 0.25) is 0 Å². The van der Waals surface area contributed by atoms with E-state index in [1.807, 2.05) is 41.3 Å². The summed E-state index contributed by atoms with van der Waals surface area (Å²) in [6.07, 6.45) is 3.43. The molecule has 0 unspecified atom stereocenters. The van der Waals surface area contributed by atoms with Crippen molar-refractivity contribution in [2.45, 2.75) is 18.3 Å². The zero-order chi connectivity index (χ0) is 19.8. The molecule has 1 amide bonds. The molecule has 2 fully saturated rings. The van der Waals surface area contributed by atoms with E-state index in [1.165, 1.54) is 0 Å². The molecule has 1 aliphatic heterocycles. The van der Waals surface area contributed by atoms with Gasteiger partial charge >= 0.3 is 0 Å². The third kappa shape index (κ3) is 2.22. The second-order valence-electron chi connectivity index (χ2n) is 8.20. The minimum absolute atomic E-state index is 0.00646. The van der Waals surface area contributed by atoms with Gasteiger partial charge in [-0.05, 0) is 47.0 Å². The number of benzene rings is 2. The van der Waals surface area contributed by atoms with Crippen LogP contribution in [0.2, 0.25) is 0 Å². The van der Waals surface area contributed by atoms with Crippen molar-refractivity contribution in [2.24, 2.45) is 5.92 Å². The highest BCUT2D eigenvalue weighted by atomic mass is 32.1. The maximum Gasteiger partial charge on any atom is 0.274 e. The Bertz CT molecular complexity index is 1270. The number of aromatic nitrogens is 1. The number of H-pyrrole nitrogens is 1. The lowest BCUT2D eigenvalue weighted by Crippen LogP contribution is -2.33. The van der Waals surface area contributed by atoms with Gasteiger partial charge in [0.15, 0.2) is 5.78 Å². The molecule has 1 saturated heterocycles. The molecule has 2 aromatic carbocycles. The number of likely N-dealkylation sites (tertiary alicyclic amines) is 1. The number of allylic oxidation sites excluding steroid dienone is 2. The van der Waals surface area contributed by atoms with E-state index in [0.29, 0.717) is 18.2 Å². The fourth-order valence-electron chi connectivity index (χ4n) is 5.25. The highest BCUT2D eigenvalue weighted by Crippen LogP contribution is 2.66. The Balaban J connectivity index is 1.39. The van der Waals surface area contributed by atoms with Gasteiger partial charge in [-0.1, -0.05) is 42.5 Å². The first-order valence-electron chi connectivity index (χ1n) is 9.85. The third-order valence-electron chi connectivity index (χ3n) is 6.68. The van der Waals surface area contributed by atoms with E-state index in [9.17, 15) is 9.59 Å². The molecule has 142 valence electrons. The SMILES string of the molecule is O=C1C=C2N(C(=O)c3cc4cc(CC=S)ccc4[nH]3)C[C@H]3C[C@@]23c2ccccc21. The summed E-state index contributed by atoms with van der Waals surface area (Å²) in [7, 11) is 0. The molecule has 1 spiro atoms. The number of ketones is 1. The molecular weight excluding hydrogens is 380 g/mol. The van der Waals surface area contributed by atoms with E-state index >= 15 is 0 Å². The largest absolute Gasteiger partial charge is 0.351 e. The zero-order valence-electron chi connectivity index (χ0n) is 15.6. The molecule has 2 heterocycles. The number of piperidine rings is 1. The van der Waals surface area contributed by atoms with Crippen LogP contribution in [0.15, 0.2) is 60.3 Å². The summed E-state index contributed by atoms with van der Waals surface area (Å²) < 4.78 is 0. The second kappa shape index (κ2) is 5.74. The van der Waals surface area contributed by atoms with E-state index in [2.05, 4.69) is 17.1 Å². The third-order valence-corrected chi connectivity index (χ3v) is 6.84. The van der Waals surface area contributed by atoms with Gasteiger partial charge in [-0.25, -0.2) is 0 Å². The first-order valence-corrected chi connectivity index (χ1v) is 10.3. The van der Waals surface area contributed by atoms with Crippen LogP contribution >= 0.6 is 12.2 Å². The Morgan fingerprint density at radius 1 is 1.24 bits per heavy atom. The second-order valence-corrected chi connectivity index (χ2v) is 8.54. The molecule has 0 radical (unpaired) electrons. The lowest BCUT2D eigenvalue weighted by Gasteiger charge is -2.29. The van der Waals surface area contributed by atoms with Gasteiger partial charge in [-0.2, -0.15) is 0 Å². The van der Waals surface area contributed by atoms with Crippen LogP contribution < -0.4 is 0 Å². The summed E-state index contributed by atoms with van der Waals surface area (Å²) in [5.41, 5.74) is 5.20. The topological polar surface area (TPSA) is 53.2 Å². The van der Waals surface area contributed by atoms with Gasteiger partial charge in [0.25, 0.3) is 5.91 Å².